The van der Waals surface area contributed by atoms with Crippen LogP contribution in [0.4, 0.5) is 8.78 Å². The highest BCUT2D eigenvalue weighted by Gasteiger charge is 2.16. The van der Waals surface area contributed by atoms with Crippen molar-refractivity contribution >= 4 is 22.1 Å². The molecule has 1 aromatic carbocycles. The summed E-state index contributed by atoms with van der Waals surface area (Å²) >= 11 is 0. The van der Waals surface area contributed by atoms with Crippen molar-refractivity contribution in [2.75, 3.05) is 6.61 Å². The summed E-state index contributed by atoms with van der Waals surface area (Å²) in [4.78, 5) is 23.5. The van der Waals surface area contributed by atoms with E-state index in [2.05, 4.69) is 19.7 Å². The number of halogens is 2. The van der Waals surface area contributed by atoms with E-state index < -0.39 is 12.3 Å². The summed E-state index contributed by atoms with van der Waals surface area (Å²) in [7, 11) is 0. The molecule has 3 aromatic heterocycles. The first kappa shape index (κ1) is 17.0. The number of aromatic amines is 1. The average molecular weight is 372 g/mol. The second kappa shape index (κ2) is 6.67. The Kier molecular flexibility index (Phi) is 4.19. The second-order valence-electron chi connectivity index (χ2n) is 5.59. The monoisotopic (exact) mass is 372 g/mol. The molecular weight excluding hydrogens is 358 g/mol. The Bertz CT molecular complexity index is 1190. The van der Waals surface area contributed by atoms with Gasteiger partial charge in [0.15, 0.2) is 5.65 Å². The average Bonchev–Trinajstić information content (AvgIpc) is 2.98. The van der Waals surface area contributed by atoms with Crippen LogP contribution < -0.4 is 15.2 Å². The van der Waals surface area contributed by atoms with Crippen LogP contribution in [0.3, 0.4) is 0 Å². The van der Waals surface area contributed by atoms with Crippen LogP contribution >= 0.6 is 0 Å². The van der Waals surface area contributed by atoms with E-state index in [1.807, 2.05) is 6.92 Å². The van der Waals surface area contributed by atoms with E-state index in [4.69, 9.17) is 4.74 Å². The molecule has 0 bridgehead atoms. The zero-order valence-electron chi connectivity index (χ0n) is 14.1. The Morgan fingerprint density at radius 1 is 1.15 bits per heavy atom. The molecule has 0 amide bonds. The lowest BCUT2D eigenvalue weighted by Gasteiger charge is -2.11. The number of fused-ring (bicyclic) bond motifs is 2. The van der Waals surface area contributed by atoms with Crippen LogP contribution in [0.5, 0.6) is 11.5 Å². The summed E-state index contributed by atoms with van der Waals surface area (Å²) < 4.78 is 37.0. The lowest BCUT2D eigenvalue weighted by atomic mass is 10.2. The Morgan fingerprint density at radius 3 is 2.70 bits per heavy atom. The molecule has 4 aromatic rings. The third kappa shape index (κ3) is 2.97. The number of H-pyrrole nitrogens is 1. The van der Waals surface area contributed by atoms with Crippen LogP contribution in [0.25, 0.3) is 27.8 Å². The first-order valence-corrected chi connectivity index (χ1v) is 8.15. The lowest BCUT2D eigenvalue weighted by molar-refractivity contribution is -0.0488. The van der Waals surface area contributed by atoms with Crippen molar-refractivity contribution in [3.63, 3.8) is 0 Å². The van der Waals surface area contributed by atoms with Crippen LogP contribution in [0, 0.1) is 0 Å². The summed E-state index contributed by atoms with van der Waals surface area (Å²) in [5, 5.41) is 0.360. The van der Waals surface area contributed by atoms with Crippen LogP contribution in [0.1, 0.15) is 6.92 Å². The molecule has 7 nitrogen and oxygen atoms in total. The minimum atomic E-state index is -2.97. The van der Waals surface area contributed by atoms with E-state index >= 15 is 0 Å². The molecule has 0 aliphatic carbocycles. The highest BCUT2D eigenvalue weighted by Crippen LogP contribution is 2.30. The molecule has 0 saturated carbocycles. The molecule has 9 heteroatoms. The van der Waals surface area contributed by atoms with Gasteiger partial charge in [-0.25, -0.2) is 9.78 Å². The number of nitrogens with one attached hydrogen (secondary N) is 1. The number of rotatable bonds is 5. The van der Waals surface area contributed by atoms with Crippen molar-refractivity contribution in [1.82, 2.24) is 19.5 Å². The zero-order chi connectivity index (χ0) is 19.0. The summed E-state index contributed by atoms with van der Waals surface area (Å²) in [5.74, 6) is 0.462. The van der Waals surface area contributed by atoms with Gasteiger partial charge >= 0.3 is 12.3 Å². The summed E-state index contributed by atoms with van der Waals surface area (Å²) in [6.45, 7) is -0.729. The van der Waals surface area contributed by atoms with E-state index in [1.165, 1.54) is 23.0 Å². The number of ether oxygens (including phenoxy) is 2. The topological polar surface area (TPSA) is 82.0 Å². The number of nitrogens with zero attached hydrogens (tertiary/aromatic N) is 3. The molecule has 27 heavy (non-hydrogen) atoms. The van der Waals surface area contributed by atoms with E-state index in [0.717, 1.165) is 0 Å². The molecule has 0 radical (unpaired) electrons. The predicted molar refractivity (Wildman–Crippen MR) is 94.8 cm³/mol. The third-order valence-electron chi connectivity index (χ3n) is 4.00. The number of benzene rings is 1. The van der Waals surface area contributed by atoms with Crippen LogP contribution in [0.2, 0.25) is 0 Å². The largest absolute Gasteiger partial charge is 0.491 e. The molecule has 0 unspecified atom stereocenters. The molecule has 0 atom stereocenters. The molecule has 0 aliphatic rings. The first-order chi connectivity index (χ1) is 13.1. The third-order valence-corrected chi connectivity index (χ3v) is 4.00. The Balaban J connectivity index is 1.97. The number of alkyl halides is 2. The van der Waals surface area contributed by atoms with Crippen LogP contribution in [-0.2, 0) is 0 Å². The fourth-order valence-corrected chi connectivity index (χ4v) is 2.97. The normalized spacial score (nSPS) is 11.4. The molecule has 0 spiro atoms. The standard InChI is InChI=1S/C18H14F2N4O3/c1-2-26-14-6-8-22-16-15(14)24(18(25)23-16)10-3-4-12-11(9-10)13(5-7-21-12)27-17(19)20/h3-9,17H,2H2,1H3,(H,22,23,25). The molecule has 1 N–H and O–H groups in total. The van der Waals surface area contributed by atoms with E-state index in [0.29, 0.717) is 40.1 Å². The number of hydrogen-bond acceptors (Lipinski definition) is 5. The SMILES string of the molecule is CCOc1ccnc2[nH]c(=O)n(-c3ccc4nccc(OC(F)F)c4c3)c12. The van der Waals surface area contributed by atoms with Crippen LogP contribution in [0.15, 0.2) is 47.5 Å². The number of imidazole rings is 1. The van der Waals surface area contributed by atoms with Gasteiger partial charge in [0.25, 0.3) is 0 Å². The van der Waals surface area contributed by atoms with Crippen molar-refractivity contribution in [2.45, 2.75) is 13.5 Å². The van der Waals surface area contributed by atoms with Crippen molar-refractivity contribution in [1.29, 1.82) is 0 Å². The fraction of sp³-hybridized carbons (Fsp3) is 0.167. The highest BCUT2D eigenvalue weighted by atomic mass is 19.3. The Labute approximate surface area is 151 Å². The van der Waals surface area contributed by atoms with E-state index in [1.54, 1.807) is 24.3 Å². The zero-order valence-corrected chi connectivity index (χ0v) is 14.1. The first-order valence-electron chi connectivity index (χ1n) is 8.15. The van der Waals surface area contributed by atoms with E-state index in [9.17, 15) is 13.6 Å². The lowest BCUT2D eigenvalue weighted by Crippen LogP contribution is -2.15. The second-order valence-corrected chi connectivity index (χ2v) is 5.59. The minimum absolute atomic E-state index is 0.0205. The number of pyridine rings is 2. The number of hydrogen-bond donors (Lipinski definition) is 1. The summed E-state index contributed by atoms with van der Waals surface area (Å²) in [5.41, 5.74) is 1.31. The van der Waals surface area contributed by atoms with Crippen LogP contribution in [-0.4, -0.2) is 32.7 Å². The van der Waals surface area contributed by atoms with Crippen molar-refractivity contribution < 1.29 is 18.3 Å². The van der Waals surface area contributed by atoms with Gasteiger partial charge in [0.2, 0.25) is 0 Å². The van der Waals surface area contributed by atoms with E-state index in [-0.39, 0.29) is 5.75 Å². The predicted octanol–water partition coefficient (Wildman–Crippen LogP) is 3.26. The summed E-state index contributed by atoms with van der Waals surface area (Å²) in [6.07, 6.45) is 2.92. The molecular formula is C18H14F2N4O3. The maximum atomic E-state index is 12.7. The van der Waals surface area contributed by atoms with Gasteiger partial charge in [-0.05, 0) is 31.2 Å². The smallest absolute Gasteiger partial charge is 0.387 e. The highest BCUT2D eigenvalue weighted by molar-refractivity contribution is 5.88. The van der Waals surface area contributed by atoms with Crippen molar-refractivity contribution in [3.8, 4) is 17.2 Å². The fourth-order valence-electron chi connectivity index (χ4n) is 2.97. The number of aromatic nitrogens is 4. The van der Waals surface area contributed by atoms with Gasteiger partial charge in [-0.1, -0.05) is 0 Å². The molecule has 4 rings (SSSR count). The van der Waals surface area contributed by atoms with Crippen molar-refractivity contribution in [3.05, 3.63) is 53.2 Å². The molecule has 0 fully saturated rings. The summed E-state index contributed by atoms with van der Waals surface area (Å²) in [6, 6.07) is 7.87. The quantitative estimate of drug-likeness (QED) is 0.581. The van der Waals surface area contributed by atoms with Gasteiger partial charge < -0.3 is 9.47 Å². The van der Waals surface area contributed by atoms with Gasteiger partial charge in [-0.3, -0.25) is 14.5 Å². The van der Waals surface area contributed by atoms with Gasteiger partial charge in [-0.15, -0.1) is 0 Å². The molecule has 0 aliphatic heterocycles. The van der Waals surface area contributed by atoms with Gasteiger partial charge in [0.1, 0.15) is 17.0 Å². The Morgan fingerprint density at radius 2 is 1.93 bits per heavy atom. The van der Waals surface area contributed by atoms with Gasteiger partial charge in [0.05, 0.1) is 17.8 Å². The molecule has 0 saturated heterocycles. The maximum Gasteiger partial charge on any atom is 0.387 e. The molecule has 138 valence electrons. The Hall–Kier alpha value is -3.49. The van der Waals surface area contributed by atoms with Gasteiger partial charge in [-0.2, -0.15) is 8.78 Å². The molecule has 3 heterocycles. The van der Waals surface area contributed by atoms with Gasteiger partial charge in [0, 0.05) is 23.8 Å². The minimum Gasteiger partial charge on any atom is -0.491 e. The maximum absolute atomic E-state index is 12.7. The van der Waals surface area contributed by atoms with Crippen molar-refractivity contribution in [2.24, 2.45) is 0 Å².